The monoisotopic (exact) mass is 351 g/mol. The van der Waals surface area contributed by atoms with Crippen molar-refractivity contribution in [2.75, 3.05) is 13.1 Å². The van der Waals surface area contributed by atoms with Crippen molar-refractivity contribution < 1.29 is 27.8 Å². The second kappa shape index (κ2) is 6.40. The summed E-state index contributed by atoms with van der Waals surface area (Å²) >= 11 is 0. The van der Waals surface area contributed by atoms with Gasteiger partial charge in [-0.05, 0) is 23.3 Å². The molecule has 0 saturated carbocycles. The molecule has 1 aliphatic rings. The maximum atomic E-state index is 12.6. The van der Waals surface area contributed by atoms with Crippen molar-refractivity contribution in [2.45, 2.75) is 18.4 Å². The van der Waals surface area contributed by atoms with Crippen LogP contribution in [0.3, 0.4) is 0 Å². The van der Waals surface area contributed by atoms with Gasteiger partial charge in [-0.2, -0.15) is 13.2 Å². The van der Waals surface area contributed by atoms with Crippen LogP contribution in [0.1, 0.15) is 16.7 Å². The van der Waals surface area contributed by atoms with E-state index in [9.17, 15) is 23.1 Å². The summed E-state index contributed by atoms with van der Waals surface area (Å²) in [5.74, 6) is 0. The fourth-order valence-corrected chi connectivity index (χ4v) is 2.68. The van der Waals surface area contributed by atoms with Crippen molar-refractivity contribution in [1.82, 2.24) is 4.90 Å². The number of benzene rings is 2. The lowest BCUT2D eigenvalue weighted by molar-refractivity contribution is -0.137. The van der Waals surface area contributed by atoms with E-state index in [1.165, 1.54) is 17.0 Å². The molecule has 25 heavy (non-hydrogen) atoms. The Morgan fingerprint density at radius 2 is 1.68 bits per heavy atom. The number of ether oxygens (including phenoxy) is 1. The first kappa shape index (κ1) is 17.3. The molecule has 1 heterocycles. The zero-order chi connectivity index (χ0) is 18.1. The zero-order valence-electron chi connectivity index (χ0n) is 13.2. The van der Waals surface area contributed by atoms with Crippen molar-refractivity contribution in [3.05, 3.63) is 71.3 Å². The summed E-state index contributed by atoms with van der Waals surface area (Å²) in [5.41, 5.74) is -0.948. The number of carbonyl (C=O) groups excluding carboxylic acids is 1. The molecule has 0 unspecified atom stereocenters. The molecular formula is C18H16F3NO3. The van der Waals surface area contributed by atoms with Gasteiger partial charge in [-0.15, -0.1) is 0 Å². The highest BCUT2D eigenvalue weighted by atomic mass is 19.4. The SMILES string of the molecule is O=C(OCc1ccccc1)N1CC(O)(c2ccc(C(F)(F)F)cc2)C1. The minimum absolute atomic E-state index is 0.0218. The molecule has 0 radical (unpaired) electrons. The van der Waals surface area contributed by atoms with Gasteiger partial charge in [-0.1, -0.05) is 42.5 Å². The third-order valence-corrected chi connectivity index (χ3v) is 4.12. The summed E-state index contributed by atoms with van der Waals surface area (Å²) in [7, 11) is 0. The Balaban J connectivity index is 1.56. The average molecular weight is 351 g/mol. The van der Waals surface area contributed by atoms with E-state index in [0.717, 1.165) is 17.7 Å². The number of β-amino-alcohol motifs (C(OH)–C–C–N with tert-alkyl or cyclic N) is 1. The summed E-state index contributed by atoms with van der Waals surface area (Å²) in [5, 5.41) is 10.4. The van der Waals surface area contributed by atoms with Crippen LogP contribution in [0.15, 0.2) is 54.6 Å². The van der Waals surface area contributed by atoms with Crippen LogP contribution in [0.2, 0.25) is 0 Å². The zero-order valence-corrected chi connectivity index (χ0v) is 13.2. The van der Waals surface area contributed by atoms with Crippen LogP contribution in [0.4, 0.5) is 18.0 Å². The largest absolute Gasteiger partial charge is 0.445 e. The number of hydrogen-bond acceptors (Lipinski definition) is 3. The van der Waals surface area contributed by atoms with E-state index in [0.29, 0.717) is 5.56 Å². The maximum Gasteiger partial charge on any atom is 0.416 e. The standard InChI is InChI=1S/C18H16F3NO3/c19-18(20,21)15-8-6-14(7-9-15)17(24)11-22(12-17)16(23)25-10-13-4-2-1-3-5-13/h1-9,24H,10-12H2. The van der Waals surface area contributed by atoms with Gasteiger partial charge >= 0.3 is 12.3 Å². The number of rotatable bonds is 3. The Hall–Kier alpha value is -2.54. The van der Waals surface area contributed by atoms with Crippen LogP contribution >= 0.6 is 0 Å². The summed E-state index contributed by atoms with van der Waals surface area (Å²) in [6.45, 7) is 0.0762. The Morgan fingerprint density at radius 3 is 2.24 bits per heavy atom. The second-order valence-electron chi connectivity index (χ2n) is 6.00. The smallest absolute Gasteiger partial charge is 0.416 e. The van der Waals surface area contributed by atoms with E-state index in [1.54, 1.807) is 0 Å². The highest BCUT2D eigenvalue weighted by Crippen LogP contribution is 2.35. The van der Waals surface area contributed by atoms with Crippen molar-refractivity contribution >= 4 is 6.09 Å². The number of likely N-dealkylation sites (tertiary alicyclic amines) is 1. The van der Waals surface area contributed by atoms with Crippen LogP contribution in [-0.4, -0.2) is 29.2 Å². The third-order valence-electron chi connectivity index (χ3n) is 4.12. The number of nitrogens with zero attached hydrogens (tertiary/aromatic N) is 1. The molecular weight excluding hydrogens is 335 g/mol. The van der Waals surface area contributed by atoms with Gasteiger partial charge in [-0.3, -0.25) is 0 Å². The van der Waals surface area contributed by atoms with Crippen molar-refractivity contribution in [2.24, 2.45) is 0 Å². The molecule has 1 amide bonds. The molecule has 132 valence electrons. The van der Waals surface area contributed by atoms with E-state index < -0.39 is 23.4 Å². The Morgan fingerprint density at radius 1 is 1.08 bits per heavy atom. The van der Waals surface area contributed by atoms with E-state index in [-0.39, 0.29) is 19.7 Å². The molecule has 1 N–H and O–H groups in total. The Bertz CT molecular complexity index is 738. The van der Waals surface area contributed by atoms with Gasteiger partial charge in [0.05, 0.1) is 18.7 Å². The van der Waals surface area contributed by atoms with Crippen molar-refractivity contribution in [3.8, 4) is 0 Å². The normalized spacial score (nSPS) is 16.2. The van der Waals surface area contributed by atoms with Crippen LogP contribution in [-0.2, 0) is 23.1 Å². The maximum absolute atomic E-state index is 12.6. The van der Waals surface area contributed by atoms with Crippen molar-refractivity contribution in [1.29, 1.82) is 0 Å². The predicted molar refractivity (Wildman–Crippen MR) is 83.5 cm³/mol. The number of amides is 1. The Kier molecular flexibility index (Phi) is 4.43. The predicted octanol–water partition coefficient (Wildman–Crippen LogP) is 3.55. The molecule has 0 atom stereocenters. The molecule has 1 fully saturated rings. The first-order valence-corrected chi connectivity index (χ1v) is 7.64. The topological polar surface area (TPSA) is 49.8 Å². The number of hydrogen-bond donors (Lipinski definition) is 1. The molecule has 2 aromatic carbocycles. The summed E-state index contributed by atoms with van der Waals surface area (Å²) in [6, 6.07) is 13.5. The molecule has 0 aromatic heterocycles. The fraction of sp³-hybridized carbons (Fsp3) is 0.278. The van der Waals surface area contributed by atoms with Gasteiger partial charge in [0.2, 0.25) is 0 Å². The number of alkyl halides is 3. The van der Waals surface area contributed by atoms with Gasteiger partial charge in [0.1, 0.15) is 12.2 Å². The van der Waals surface area contributed by atoms with Gasteiger partial charge < -0.3 is 14.7 Å². The van der Waals surface area contributed by atoms with E-state index in [2.05, 4.69) is 0 Å². The molecule has 0 spiro atoms. The summed E-state index contributed by atoms with van der Waals surface area (Å²) in [4.78, 5) is 13.3. The summed E-state index contributed by atoms with van der Waals surface area (Å²) in [6.07, 6.45) is -4.99. The fourth-order valence-electron chi connectivity index (χ4n) is 2.68. The highest BCUT2D eigenvalue weighted by molar-refractivity contribution is 5.69. The number of carbonyl (C=O) groups is 1. The molecule has 0 aliphatic carbocycles. The van der Waals surface area contributed by atoms with Crippen molar-refractivity contribution in [3.63, 3.8) is 0 Å². The molecule has 0 bridgehead atoms. The average Bonchev–Trinajstić information content (AvgIpc) is 2.57. The molecule has 4 nitrogen and oxygen atoms in total. The lowest BCUT2D eigenvalue weighted by atomic mass is 9.86. The number of halogens is 3. The minimum atomic E-state index is -4.42. The molecule has 3 rings (SSSR count). The van der Waals surface area contributed by atoms with Gasteiger partial charge in [-0.25, -0.2) is 4.79 Å². The third kappa shape index (κ3) is 3.76. The molecule has 1 saturated heterocycles. The van der Waals surface area contributed by atoms with Crippen LogP contribution < -0.4 is 0 Å². The first-order valence-electron chi connectivity index (χ1n) is 7.64. The second-order valence-corrected chi connectivity index (χ2v) is 6.00. The van der Waals surface area contributed by atoms with E-state index in [4.69, 9.17) is 4.74 Å². The van der Waals surface area contributed by atoms with Gasteiger partial charge in [0.15, 0.2) is 0 Å². The molecule has 2 aromatic rings. The van der Waals surface area contributed by atoms with Gasteiger partial charge in [0, 0.05) is 0 Å². The van der Waals surface area contributed by atoms with E-state index in [1.807, 2.05) is 30.3 Å². The van der Waals surface area contributed by atoms with Crippen LogP contribution in [0, 0.1) is 0 Å². The number of aliphatic hydroxyl groups is 1. The molecule has 7 heteroatoms. The lowest BCUT2D eigenvalue weighted by Crippen LogP contribution is -2.61. The minimum Gasteiger partial charge on any atom is -0.445 e. The van der Waals surface area contributed by atoms with E-state index >= 15 is 0 Å². The van der Waals surface area contributed by atoms with Crippen LogP contribution in [0.5, 0.6) is 0 Å². The first-order chi connectivity index (χ1) is 11.8. The Labute approximate surface area is 142 Å². The quantitative estimate of drug-likeness (QED) is 0.920. The highest BCUT2D eigenvalue weighted by Gasteiger charge is 2.46. The summed E-state index contributed by atoms with van der Waals surface area (Å²) < 4.78 is 42.9. The van der Waals surface area contributed by atoms with Gasteiger partial charge in [0.25, 0.3) is 0 Å². The molecule has 1 aliphatic heterocycles. The van der Waals surface area contributed by atoms with Crippen LogP contribution in [0.25, 0.3) is 0 Å². The lowest BCUT2D eigenvalue weighted by Gasteiger charge is -2.45.